The standard InChI is InChI=1S/C12H15Cl3N2O5S/c1-17(2)23(20,21)9-6-7(4-5-8(9)22-3)10(18)16-11(19)12(13,14)15/h4-6,11,19H,1-3H3,(H,16,18). The SMILES string of the molecule is COc1ccc(C(=O)NC(O)C(Cl)(Cl)Cl)cc1S(=O)(=O)N(C)C. The second-order valence-corrected chi connectivity index (χ2v) is 9.06. The number of amides is 1. The molecule has 130 valence electrons. The maximum Gasteiger partial charge on any atom is 0.253 e. The third-order valence-corrected chi connectivity index (χ3v) is 5.22. The first-order valence-corrected chi connectivity index (χ1v) is 8.65. The van der Waals surface area contributed by atoms with Crippen LogP contribution >= 0.6 is 34.8 Å². The van der Waals surface area contributed by atoms with E-state index in [1.54, 1.807) is 0 Å². The van der Waals surface area contributed by atoms with Gasteiger partial charge in [-0.3, -0.25) is 4.79 Å². The van der Waals surface area contributed by atoms with Crippen molar-refractivity contribution in [1.29, 1.82) is 0 Å². The minimum absolute atomic E-state index is 0.0560. The molecule has 11 heteroatoms. The number of sulfonamides is 1. The number of aliphatic hydroxyl groups excluding tert-OH is 1. The number of nitrogens with zero attached hydrogens (tertiary/aromatic N) is 1. The second kappa shape index (κ2) is 7.42. The van der Waals surface area contributed by atoms with Crippen LogP contribution in [0.25, 0.3) is 0 Å². The molecule has 0 fully saturated rings. The van der Waals surface area contributed by atoms with Gasteiger partial charge in [-0.15, -0.1) is 0 Å². The van der Waals surface area contributed by atoms with Crippen molar-refractivity contribution >= 4 is 50.7 Å². The number of hydrogen-bond donors (Lipinski definition) is 2. The zero-order valence-electron chi connectivity index (χ0n) is 12.4. The van der Waals surface area contributed by atoms with Crippen LogP contribution in [0, 0.1) is 0 Å². The zero-order valence-corrected chi connectivity index (χ0v) is 15.5. The maximum absolute atomic E-state index is 12.3. The molecule has 1 rings (SSSR count). The maximum atomic E-state index is 12.3. The largest absolute Gasteiger partial charge is 0.495 e. The third kappa shape index (κ3) is 4.85. The van der Waals surface area contributed by atoms with E-state index in [1.165, 1.54) is 33.3 Å². The number of rotatable bonds is 5. The fourth-order valence-electron chi connectivity index (χ4n) is 1.51. The number of benzene rings is 1. The van der Waals surface area contributed by atoms with Gasteiger partial charge in [0.2, 0.25) is 13.8 Å². The molecule has 0 saturated carbocycles. The average Bonchev–Trinajstić information content (AvgIpc) is 2.45. The van der Waals surface area contributed by atoms with E-state index in [2.05, 4.69) is 5.32 Å². The van der Waals surface area contributed by atoms with E-state index < -0.39 is 26.0 Å². The predicted molar refractivity (Wildman–Crippen MR) is 87.6 cm³/mol. The second-order valence-electron chi connectivity index (χ2n) is 4.57. The molecule has 0 radical (unpaired) electrons. The summed E-state index contributed by atoms with van der Waals surface area (Å²) in [6.07, 6.45) is -1.77. The van der Waals surface area contributed by atoms with Crippen LogP contribution in [0.5, 0.6) is 5.75 Å². The Hall–Kier alpha value is -0.770. The summed E-state index contributed by atoms with van der Waals surface area (Å²) in [6.45, 7) is 0. The number of hydrogen-bond acceptors (Lipinski definition) is 5. The molecule has 0 aliphatic rings. The number of methoxy groups -OCH3 is 1. The molecular weight excluding hydrogens is 391 g/mol. The quantitative estimate of drug-likeness (QED) is 0.570. The summed E-state index contributed by atoms with van der Waals surface area (Å²) >= 11 is 16.4. The van der Waals surface area contributed by atoms with Gasteiger partial charge < -0.3 is 15.2 Å². The Bertz CT molecular complexity index is 688. The van der Waals surface area contributed by atoms with E-state index in [4.69, 9.17) is 39.5 Å². The Labute approximate surface area is 149 Å². The molecule has 1 aromatic rings. The molecule has 2 N–H and O–H groups in total. The van der Waals surface area contributed by atoms with Crippen LogP contribution in [0.3, 0.4) is 0 Å². The van der Waals surface area contributed by atoms with Crippen molar-refractivity contribution in [2.24, 2.45) is 0 Å². The van der Waals surface area contributed by atoms with Gasteiger partial charge in [0.05, 0.1) is 7.11 Å². The molecule has 0 saturated heterocycles. The van der Waals surface area contributed by atoms with Gasteiger partial charge in [-0.1, -0.05) is 34.8 Å². The van der Waals surface area contributed by atoms with E-state index >= 15 is 0 Å². The Balaban J connectivity index is 3.24. The highest BCUT2D eigenvalue weighted by molar-refractivity contribution is 7.89. The van der Waals surface area contributed by atoms with Crippen molar-refractivity contribution in [3.63, 3.8) is 0 Å². The Morgan fingerprint density at radius 2 is 1.91 bits per heavy atom. The fourth-order valence-corrected chi connectivity index (χ4v) is 2.74. The van der Waals surface area contributed by atoms with Gasteiger partial charge in [0.25, 0.3) is 5.91 Å². The van der Waals surface area contributed by atoms with Crippen LogP contribution in [0.1, 0.15) is 10.4 Å². The van der Waals surface area contributed by atoms with Crippen LogP contribution in [0.2, 0.25) is 0 Å². The first kappa shape index (κ1) is 20.3. The minimum atomic E-state index is -3.84. The van der Waals surface area contributed by atoms with Crippen molar-refractivity contribution in [1.82, 2.24) is 9.62 Å². The molecule has 7 nitrogen and oxygen atoms in total. The molecule has 1 atom stereocenters. The van der Waals surface area contributed by atoms with E-state index in [0.717, 1.165) is 10.4 Å². The van der Waals surface area contributed by atoms with Gasteiger partial charge in [-0.2, -0.15) is 0 Å². The first-order chi connectivity index (χ1) is 10.4. The minimum Gasteiger partial charge on any atom is -0.495 e. The highest BCUT2D eigenvalue weighted by atomic mass is 35.6. The highest BCUT2D eigenvalue weighted by Crippen LogP contribution is 2.30. The van der Waals surface area contributed by atoms with Crippen molar-refractivity contribution in [2.75, 3.05) is 21.2 Å². The number of carbonyl (C=O) groups is 1. The number of aliphatic hydroxyl groups is 1. The van der Waals surface area contributed by atoms with E-state index in [-0.39, 0.29) is 16.2 Å². The lowest BCUT2D eigenvalue weighted by atomic mass is 10.2. The van der Waals surface area contributed by atoms with Gasteiger partial charge in [0.1, 0.15) is 10.6 Å². The molecule has 1 unspecified atom stereocenters. The fraction of sp³-hybridized carbons (Fsp3) is 0.417. The summed E-state index contributed by atoms with van der Waals surface area (Å²) in [7, 11) is 0.140. The van der Waals surface area contributed by atoms with Gasteiger partial charge >= 0.3 is 0 Å². The molecule has 1 amide bonds. The molecule has 0 aliphatic heterocycles. The lowest BCUT2D eigenvalue weighted by Gasteiger charge is -2.20. The van der Waals surface area contributed by atoms with Gasteiger partial charge in [-0.25, -0.2) is 12.7 Å². The molecule has 0 aromatic heterocycles. The molecule has 0 bridgehead atoms. The molecule has 0 spiro atoms. The van der Waals surface area contributed by atoms with Crippen molar-refractivity contribution in [3.05, 3.63) is 23.8 Å². The molecule has 0 heterocycles. The lowest BCUT2D eigenvalue weighted by molar-refractivity contribution is 0.0791. The summed E-state index contributed by atoms with van der Waals surface area (Å²) in [5.41, 5.74) is -0.0560. The lowest BCUT2D eigenvalue weighted by Crippen LogP contribution is -2.43. The summed E-state index contributed by atoms with van der Waals surface area (Å²) in [5, 5.41) is 11.6. The van der Waals surface area contributed by atoms with Gasteiger partial charge in [0.15, 0.2) is 6.23 Å². The van der Waals surface area contributed by atoms with Crippen molar-refractivity contribution < 1.29 is 23.1 Å². The number of alkyl halides is 3. The smallest absolute Gasteiger partial charge is 0.253 e. The number of ether oxygens (including phenoxy) is 1. The third-order valence-electron chi connectivity index (χ3n) is 2.76. The van der Waals surface area contributed by atoms with Gasteiger partial charge in [-0.05, 0) is 18.2 Å². The number of nitrogens with one attached hydrogen (secondary N) is 1. The van der Waals surface area contributed by atoms with E-state index in [0.29, 0.717) is 0 Å². The summed E-state index contributed by atoms with van der Waals surface area (Å²) < 4.78 is 28.4. The Kier molecular flexibility index (Phi) is 6.54. The normalized spacial score (nSPS) is 13.7. The number of halogens is 3. The average molecular weight is 406 g/mol. The summed E-state index contributed by atoms with van der Waals surface area (Å²) in [6, 6.07) is 3.73. The first-order valence-electron chi connectivity index (χ1n) is 6.07. The monoisotopic (exact) mass is 404 g/mol. The Morgan fingerprint density at radius 3 is 2.35 bits per heavy atom. The summed E-state index contributed by atoms with van der Waals surface area (Å²) in [5.74, 6) is -0.751. The van der Waals surface area contributed by atoms with Crippen LogP contribution in [0.15, 0.2) is 23.1 Å². The topological polar surface area (TPSA) is 95.9 Å². The summed E-state index contributed by atoms with van der Waals surface area (Å²) in [4.78, 5) is 11.8. The molecular formula is C12H15Cl3N2O5S. The van der Waals surface area contributed by atoms with E-state index in [9.17, 15) is 18.3 Å². The highest BCUT2D eigenvalue weighted by Gasteiger charge is 2.32. The molecule has 23 heavy (non-hydrogen) atoms. The van der Waals surface area contributed by atoms with Crippen molar-refractivity contribution in [3.8, 4) is 5.75 Å². The van der Waals surface area contributed by atoms with E-state index in [1.807, 2.05) is 0 Å². The van der Waals surface area contributed by atoms with Crippen molar-refractivity contribution in [2.45, 2.75) is 14.9 Å². The Morgan fingerprint density at radius 1 is 1.35 bits per heavy atom. The zero-order chi connectivity index (χ0) is 18.0. The van der Waals surface area contributed by atoms with Crippen LogP contribution < -0.4 is 10.1 Å². The van der Waals surface area contributed by atoms with Crippen LogP contribution in [0.4, 0.5) is 0 Å². The molecule has 1 aromatic carbocycles. The molecule has 0 aliphatic carbocycles. The van der Waals surface area contributed by atoms with Crippen LogP contribution in [-0.2, 0) is 10.0 Å². The predicted octanol–water partition coefficient (Wildman–Crippen LogP) is 1.36. The van der Waals surface area contributed by atoms with Crippen LogP contribution in [-0.4, -0.2) is 55.0 Å². The number of carbonyl (C=O) groups excluding carboxylic acids is 1. The van der Waals surface area contributed by atoms with Gasteiger partial charge in [0, 0.05) is 19.7 Å².